The zero-order valence-corrected chi connectivity index (χ0v) is 20.7. The molecule has 0 N–H and O–H groups in total. The zero-order valence-electron chi connectivity index (χ0n) is 20.7. The molecule has 5 rings (SSSR count). The Kier molecular flexibility index (Phi) is 8.20. The van der Waals surface area contributed by atoms with Gasteiger partial charge in [-0.25, -0.2) is 0 Å². The Balaban J connectivity index is 1.19. The number of hydrogen-bond acceptors (Lipinski definition) is 5. The van der Waals surface area contributed by atoms with Crippen molar-refractivity contribution in [3.8, 4) is 0 Å². The zero-order chi connectivity index (χ0) is 23.9. The van der Waals surface area contributed by atoms with Gasteiger partial charge in [0.2, 0.25) is 0 Å². The summed E-state index contributed by atoms with van der Waals surface area (Å²) >= 11 is 0. The lowest BCUT2D eigenvalue weighted by atomic mass is 9.81. The molecule has 188 valence electrons. The molecular formula is C30H38O5. The fourth-order valence-electron chi connectivity index (χ4n) is 5.51. The van der Waals surface area contributed by atoms with Gasteiger partial charge in [-0.1, -0.05) is 60.7 Å². The topological polar surface area (TPSA) is 46.2 Å². The lowest BCUT2D eigenvalue weighted by Crippen LogP contribution is -2.62. The van der Waals surface area contributed by atoms with Gasteiger partial charge in [0.15, 0.2) is 0 Å². The maximum Gasteiger partial charge on any atom is 0.129 e. The van der Waals surface area contributed by atoms with Gasteiger partial charge in [-0.3, -0.25) is 0 Å². The van der Waals surface area contributed by atoms with Crippen molar-refractivity contribution in [2.45, 2.75) is 94.8 Å². The molecule has 2 fully saturated rings. The molecule has 0 aromatic heterocycles. The van der Waals surface area contributed by atoms with Crippen molar-refractivity contribution in [2.75, 3.05) is 6.61 Å². The molecule has 0 bridgehead atoms. The van der Waals surface area contributed by atoms with E-state index in [0.717, 1.165) is 45.1 Å². The maximum absolute atomic E-state index is 6.76. The van der Waals surface area contributed by atoms with E-state index < -0.39 is 0 Å². The Hall–Kier alpha value is -2.18. The summed E-state index contributed by atoms with van der Waals surface area (Å²) in [7, 11) is 0. The Morgan fingerprint density at radius 1 is 0.943 bits per heavy atom. The molecule has 35 heavy (non-hydrogen) atoms. The van der Waals surface area contributed by atoms with Crippen molar-refractivity contribution in [3.63, 3.8) is 0 Å². The highest BCUT2D eigenvalue weighted by Gasteiger charge is 2.52. The van der Waals surface area contributed by atoms with Gasteiger partial charge in [0, 0.05) is 19.4 Å². The molecule has 2 aromatic carbocycles. The van der Waals surface area contributed by atoms with Crippen molar-refractivity contribution >= 4 is 0 Å². The Morgan fingerprint density at radius 3 is 2.46 bits per heavy atom. The molecule has 5 heteroatoms. The standard InChI is InChI=1S/C30H38O5/c1-30-16-8-9-18-32-28(30)20-27-29(35-30)26(33-22-24-13-6-3-7-14-24)19-25(34-27)15-10-17-31-21-23-11-4-2-5-12-23/h2-7,9,11-14,18,25-29H,8,10,15-17,19-22H2,1H3/t25-,26+,27-,28+,29+,30-/m1/s1. The van der Waals surface area contributed by atoms with Crippen LogP contribution in [0.25, 0.3) is 0 Å². The lowest BCUT2D eigenvalue weighted by molar-refractivity contribution is -0.289. The van der Waals surface area contributed by atoms with Gasteiger partial charge in [-0.15, -0.1) is 0 Å². The first-order valence-electron chi connectivity index (χ1n) is 13.1. The molecular weight excluding hydrogens is 440 g/mol. The monoisotopic (exact) mass is 478 g/mol. The summed E-state index contributed by atoms with van der Waals surface area (Å²) in [6.07, 6.45) is 9.47. The van der Waals surface area contributed by atoms with Crippen LogP contribution >= 0.6 is 0 Å². The third kappa shape index (κ3) is 6.34. The molecule has 3 heterocycles. The molecule has 3 aliphatic rings. The maximum atomic E-state index is 6.76. The van der Waals surface area contributed by atoms with Gasteiger partial charge < -0.3 is 23.7 Å². The van der Waals surface area contributed by atoms with E-state index in [1.165, 1.54) is 11.1 Å². The quantitative estimate of drug-likeness (QED) is 0.416. The van der Waals surface area contributed by atoms with E-state index >= 15 is 0 Å². The summed E-state index contributed by atoms with van der Waals surface area (Å²) in [6, 6.07) is 20.7. The molecule has 0 amide bonds. The highest BCUT2D eigenvalue weighted by molar-refractivity contribution is 5.14. The smallest absolute Gasteiger partial charge is 0.129 e. The minimum atomic E-state index is -0.319. The van der Waals surface area contributed by atoms with Crippen LogP contribution in [0.4, 0.5) is 0 Å². The van der Waals surface area contributed by atoms with E-state index in [2.05, 4.69) is 49.4 Å². The molecule has 0 radical (unpaired) electrons. The molecule has 5 nitrogen and oxygen atoms in total. The molecule has 0 unspecified atom stereocenters. The van der Waals surface area contributed by atoms with E-state index in [9.17, 15) is 0 Å². The lowest BCUT2D eigenvalue weighted by Gasteiger charge is -2.52. The van der Waals surface area contributed by atoms with Crippen LogP contribution in [0.5, 0.6) is 0 Å². The van der Waals surface area contributed by atoms with Crippen molar-refractivity contribution in [1.82, 2.24) is 0 Å². The van der Waals surface area contributed by atoms with E-state index in [4.69, 9.17) is 23.7 Å². The molecule has 2 saturated heterocycles. The van der Waals surface area contributed by atoms with Crippen LogP contribution in [-0.4, -0.2) is 42.7 Å². The summed E-state index contributed by atoms with van der Waals surface area (Å²) in [4.78, 5) is 0. The minimum absolute atomic E-state index is 0.00168. The van der Waals surface area contributed by atoms with Crippen molar-refractivity contribution in [3.05, 3.63) is 84.1 Å². The normalized spacial score (nSPS) is 32.2. The average Bonchev–Trinajstić information content (AvgIpc) is 3.08. The van der Waals surface area contributed by atoms with E-state index in [0.29, 0.717) is 13.2 Å². The van der Waals surface area contributed by atoms with Crippen LogP contribution in [0.15, 0.2) is 73.0 Å². The average molecular weight is 479 g/mol. The van der Waals surface area contributed by atoms with Crippen molar-refractivity contribution in [2.24, 2.45) is 0 Å². The summed E-state index contributed by atoms with van der Waals surface area (Å²) in [5.74, 6) is 0. The highest BCUT2D eigenvalue weighted by Crippen LogP contribution is 2.42. The molecule has 0 aliphatic carbocycles. The van der Waals surface area contributed by atoms with Gasteiger partial charge in [-0.05, 0) is 49.8 Å². The van der Waals surface area contributed by atoms with Gasteiger partial charge in [0.1, 0.15) is 17.8 Å². The fourth-order valence-corrected chi connectivity index (χ4v) is 5.51. The first-order chi connectivity index (χ1) is 17.2. The molecule has 2 aromatic rings. The molecule has 3 aliphatic heterocycles. The van der Waals surface area contributed by atoms with E-state index in [1.54, 1.807) is 0 Å². The number of benzene rings is 2. The Labute approximate surface area is 209 Å². The number of ether oxygens (including phenoxy) is 5. The summed E-state index contributed by atoms with van der Waals surface area (Å²) in [6.45, 7) is 4.15. The van der Waals surface area contributed by atoms with Gasteiger partial charge >= 0.3 is 0 Å². The van der Waals surface area contributed by atoms with Crippen molar-refractivity contribution < 1.29 is 23.7 Å². The second-order valence-electron chi connectivity index (χ2n) is 10.2. The van der Waals surface area contributed by atoms with Crippen LogP contribution in [-0.2, 0) is 36.9 Å². The SMILES string of the molecule is C[C@@]12CCC=CO[C@H]1C[C@H]1O[C@H](CCCOCc3ccccc3)C[C@H](OCc3ccccc3)[C@@H]1O2. The summed E-state index contributed by atoms with van der Waals surface area (Å²) in [5.41, 5.74) is 2.07. The first kappa shape index (κ1) is 24.5. The predicted molar refractivity (Wildman–Crippen MR) is 135 cm³/mol. The minimum Gasteiger partial charge on any atom is -0.495 e. The van der Waals surface area contributed by atoms with Crippen LogP contribution < -0.4 is 0 Å². The third-order valence-corrected chi connectivity index (χ3v) is 7.51. The van der Waals surface area contributed by atoms with E-state index in [1.807, 2.05) is 30.5 Å². The first-order valence-corrected chi connectivity index (χ1v) is 13.1. The van der Waals surface area contributed by atoms with Crippen LogP contribution in [0, 0.1) is 0 Å². The summed E-state index contributed by atoms with van der Waals surface area (Å²) in [5, 5.41) is 0. The predicted octanol–water partition coefficient (Wildman–Crippen LogP) is 5.97. The van der Waals surface area contributed by atoms with Gasteiger partial charge in [0.25, 0.3) is 0 Å². The highest BCUT2D eigenvalue weighted by atomic mass is 16.6. The van der Waals surface area contributed by atoms with Gasteiger partial charge in [-0.2, -0.15) is 0 Å². The van der Waals surface area contributed by atoms with Gasteiger partial charge in [0.05, 0.1) is 37.8 Å². The number of allylic oxidation sites excluding steroid dienone is 1. The molecule has 6 atom stereocenters. The van der Waals surface area contributed by atoms with Crippen LogP contribution in [0.1, 0.15) is 56.6 Å². The number of fused-ring (bicyclic) bond motifs is 2. The van der Waals surface area contributed by atoms with Crippen molar-refractivity contribution in [1.29, 1.82) is 0 Å². The third-order valence-electron chi connectivity index (χ3n) is 7.51. The number of rotatable bonds is 9. The van der Waals surface area contributed by atoms with Crippen LogP contribution in [0.2, 0.25) is 0 Å². The molecule has 0 saturated carbocycles. The molecule has 0 spiro atoms. The second-order valence-corrected chi connectivity index (χ2v) is 10.2. The Bertz CT molecular complexity index is 932. The number of hydrogen-bond donors (Lipinski definition) is 0. The summed E-state index contributed by atoms with van der Waals surface area (Å²) < 4.78 is 31.9. The second kappa shape index (κ2) is 11.7. The Morgan fingerprint density at radius 2 is 1.69 bits per heavy atom. The largest absolute Gasteiger partial charge is 0.495 e. The van der Waals surface area contributed by atoms with Crippen LogP contribution in [0.3, 0.4) is 0 Å². The fraction of sp³-hybridized carbons (Fsp3) is 0.533. The van der Waals surface area contributed by atoms with E-state index in [-0.39, 0.29) is 36.1 Å².